The molecule has 192 valence electrons. The molecule has 3 aromatic carbocycles. The summed E-state index contributed by atoms with van der Waals surface area (Å²) < 4.78 is 0. The molecule has 4 amide bonds. The number of hydrogen-bond donors (Lipinski definition) is 1. The Kier molecular flexibility index (Phi) is 5.68. The van der Waals surface area contributed by atoms with E-state index in [1.54, 1.807) is 36.4 Å². The first-order chi connectivity index (χ1) is 18.4. The van der Waals surface area contributed by atoms with Gasteiger partial charge in [-0.2, -0.15) is 0 Å². The van der Waals surface area contributed by atoms with Gasteiger partial charge in [-0.15, -0.1) is 0 Å². The molecule has 6 rings (SSSR count). The second-order valence-corrected chi connectivity index (χ2v) is 9.88. The average Bonchev–Trinajstić information content (AvgIpc) is 2.92. The Hall–Kier alpha value is -4.57. The van der Waals surface area contributed by atoms with Gasteiger partial charge in [-0.3, -0.25) is 29.9 Å². The fourth-order valence-electron chi connectivity index (χ4n) is 5.98. The number of imide groups is 2. The molecular weight excluding hydrogens is 486 g/mol. The van der Waals surface area contributed by atoms with Crippen molar-refractivity contribution in [3.8, 4) is 0 Å². The van der Waals surface area contributed by atoms with Crippen LogP contribution >= 0.6 is 0 Å². The minimum Gasteiger partial charge on any atom is -0.364 e. The zero-order valence-corrected chi connectivity index (χ0v) is 20.4. The number of fused-ring (bicyclic) bond motifs is 4. The summed E-state index contributed by atoms with van der Waals surface area (Å²) in [5.41, 5.74) is 1.02. The van der Waals surface area contributed by atoms with E-state index in [1.165, 1.54) is 12.1 Å². The van der Waals surface area contributed by atoms with Gasteiger partial charge in [0.15, 0.2) is 5.41 Å². The maximum Gasteiger partial charge on any atom is 0.335 e. The molecule has 2 atom stereocenters. The third-order valence-electron chi connectivity index (χ3n) is 7.76. The van der Waals surface area contributed by atoms with Crippen LogP contribution in [0, 0.1) is 15.5 Å². The van der Waals surface area contributed by atoms with Crippen molar-refractivity contribution in [1.29, 1.82) is 0 Å². The second-order valence-electron chi connectivity index (χ2n) is 9.88. The number of nitro benzene ring substituents is 1. The van der Waals surface area contributed by atoms with Crippen molar-refractivity contribution in [2.45, 2.75) is 19.0 Å². The zero-order valence-electron chi connectivity index (χ0n) is 20.4. The predicted octanol–water partition coefficient (Wildman–Crippen LogP) is 3.11. The molecule has 1 spiro atoms. The van der Waals surface area contributed by atoms with Crippen LogP contribution in [0.1, 0.15) is 11.1 Å². The van der Waals surface area contributed by atoms with Crippen molar-refractivity contribution in [2.75, 3.05) is 29.4 Å². The number of piperazine rings is 1. The van der Waals surface area contributed by atoms with Crippen molar-refractivity contribution in [1.82, 2.24) is 10.2 Å². The van der Waals surface area contributed by atoms with E-state index in [0.29, 0.717) is 37.4 Å². The normalized spacial score (nSPS) is 23.2. The van der Waals surface area contributed by atoms with E-state index in [9.17, 15) is 24.5 Å². The molecule has 0 aromatic heterocycles. The molecule has 1 N–H and O–H groups in total. The van der Waals surface area contributed by atoms with Crippen LogP contribution in [-0.4, -0.2) is 53.3 Å². The SMILES string of the molecule is O=C1NC(=O)C2(Cc3cc([N+](=O)[O-])ccc3N3CCN(Cc4ccccc4)CC32)C(=O)N1c1ccccc1. The number of nitrogens with zero attached hydrogens (tertiary/aromatic N) is 4. The van der Waals surface area contributed by atoms with Crippen LogP contribution in [0.2, 0.25) is 0 Å². The number of nitro groups is 1. The molecule has 3 heterocycles. The third kappa shape index (κ3) is 3.72. The fraction of sp³-hybridized carbons (Fsp3) is 0.250. The van der Waals surface area contributed by atoms with Crippen molar-refractivity contribution >= 4 is 34.9 Å². The summed E-state index contributed by atoms with van der Waals surface area (Å²) in [7, 11) is 0. The number of hydrogen-bond acceptors (Lipinski definition) is 7. The van der Waals surface area contributed by atoms with Crippen LogP contribution in [0.4, 0.5) is 21.9 Å². The fourth-order valence-corrected chi connectivity index (χ4v) is 5.98. The van der Waals surface area contributed by atoms with Gasteiger partial charge in [0.05, 0.1) is 16.7 Å². The lowest BCUT2D eigenvalue weighted by Gasteiger charge is -2.55. The highest BCUT2D eigenvalue weighted by atomic mass is 16.6. The van der Waals surface area contributed by atoms with Crippen LogP contribution in [0.5, 0.6) is 0 Å². The Morgan fingerprint density at radius 2 is 1.66 bits per heavy atom. The monoisotopic (exact) mass is 511 g/mol. The van der Waals surface area contributed by atoms with Crippen LogP contribution in [0.15, 0.2) is 78.9 Å². The first kappa shape index (κ1) is 23.8. The summed E-state index contributed by atoms with van der Waals surface area (Å²) in [5.74, 6) is -1.29. The number of carbonyl (C=O) groups is 3. The molecule has 10 heteroatoms. The summed E-state index contributed by atoms with van der Waals surface area (Å²) >= 11 is 0. The Bertz CT molecular complexity index is 1450. The number of amides is 4. The maximum atomic E-state index is 14.3. The van der Waals surface area contributed by atoms with Gasteiger partial charge in [0.25, 0.3) is 11.6 Å². The summed E-state index contributed by atoms with van der Waals surface area (Å²) in [6.45, 7) is 2.24. The minimum atomic E-state index is -1.65. The topological polar surface area (TPSA) is 116 Å². The Labute approximate surface area is 218 Å². The highest BCUT2D eigenvalue weighted by molar-refractivity contribution is 6.30. The van der Waals surface area contributed by atoms with Gasteiger partial charge in [0.2, 0.25) is 5.91 Å². The molecule has 0 radical (unpaired) electrons. The zero-order chi connectivity index (χ0) is 26.4. The molecule has 0 aliphatic carbocycles. The van der Waals surface area contributed by atoms with Crippen molar-refractivity contribution in [3.05, 3.63) is 100 Å². The lowest BCUT2D eigenvalue weighted by Crippen LogP contribution is -2.75. The van der Waals surface area contributed by atoms with E-state index >= 15 is 0 Å². The number of anilines is 2. The lowest BCUT2D eigenvalue weighted by atomic mass is 9.67. The van der Waals surface area contributed by atoms with E-state index in [2.05, 4.69) is 10.2 Å². The molecule has 2 saturated heterocycles. The van der Waals surface area contributed by atoms with E-state index in [0.717, 1.165) is 16.2 Å². The molecule has 0 bridgehead atoms. The van der Waals surface area contributed by atoms with Crippen LogP contribution in [-0.2, 0) is 22.6 Å². The largest absolute Gasteiger partial charge is 0.364 e. The van der Waals surface area contributed by atoms with Gasteiger partial charge in [-0.25, -0.2) is 9.69 Å². The Balaban J connectivity index is 1.46. The van der Waals surface area contributed by atoms with Gasteiger partial charge >= 0.3 is 6.03 Å². The maximum absolute atomic E-state index is 14.3. The van der Waals surface area contributed by atoms with Crippen molar-refractivity contribution in [3.63, 3.8) is 0 Å². The summed E-state index contributed by atoms with van der Waals surface area (Å²) in [6.07, 6.45) is -0.0500. The Morgan fingerprint density at radius 3 is 2.37 bits per heavy atom. The van der Waals surface area contributed by atoms with Crippen LogP contribution in [0.3, 0.4) is 0 Å². The van der Waals surface area contributed by atoms with Gasteiger partial charge < -0.3 is 4.90 Å². The lowest BCUT2D eigenvalue weighted by molar-refractivity contribution is -0.384. The first-order valence-electron chi connectivity index (χ1n) is 12.4. The number of non-ortho nitro benzene ring substituents is 1. The molecular formula is C28H25N5O5. The van der Waals surface area contributed by atoms with E-state index < -0.39 is 34.2 Å². The molecule has 2 fully saturated rings. The molecule has 3 aliphatic rings. The van der Waals surface area contributed by atoms with Crippen LogP contribution < -0.4 is 15.1 Å². The second kappa shape index (κ2) is 9.07. The molecule has 0 saturated carbocycles. The van der Waals surface area contributed by atoms with Crippen molar-refractivity contribution in [2.24, 2.45) is 5.41 Å². The van der Waals surface area contributed by atoms with E-state index in [1.807, 2.05) is 35.2 Å². The minimum absolute atomic E-state index is 0.0500. The Morgan fingerprint density at radius 1 is 0.947 bits per heavy atom. The quantitative estimate of drug-likeness (QED) is 0.325. The first-order valence-corrected chi connectivity index (χ1v) is 12.4. The number of carbonyl (C=O) groups excluding carboxylic acids is 3. The van der Waals surface area contributed by atoms with Gasteiger partial charge in [0, 0.05) is 50.4 Å². The third-order valence-corrected chi connectivity index (χ3v) is 7.76. The summed E-state index contributed by atoms with van der Waals surface area (Å²) in [4.78, 5) is 57.4. The molecule has 2 unspecified atom stereocenters. The van der Waals surface area contributed by atoms with Gasteiger partial charge in [0.1, 0.15) is 0 Å². The van der Waals surface area contributed by atoms with E-state index in [-0.39, 0.29) is 12.1 Å². The number of benzene rings is 3. The summed E-state index contributed by atoms with van der Waals surface area (Å²) in [5, 5.41) is 14.0. The van der Waals surface area contributed by atoms with E-state index in [4.69, 9.17) is 0 Å². The van der Waals surface area contributed by atoms with Crippen molar-refractivity contribution < 1.29 is 19.3 Å². The van der Waals surface area contributed by atoms with Gasteiger partial charge in [-0.1, -0.05) is 48.5 Å². The summed E-state index contributed by atoms with van der Waals surface area (Å²) in [6, 6.07) is 21.7. The molecule has 38 heavy (non-hydrogen) atoms. The van der Waals surface area contributed by atoms with Crippen LogP contribution in [0.25, 0.3) is 0 Å². The molecule has 3 aliphatic heterocycles. The number of para-hydroxylation sites is 1. The smallest absolute Gasteiger partial charge is 0.335 e. The standard InChI is InChI=1S/C28H25N5O5/c34-25-28(26(35)32(27(36)29-25)21-9-5-2-6-10-21)16-20-15-22(33(37)38)11-12-23(20)31-14-13-30(18-24(28)31)17-19-7-3-1-4-8-19/h1-12,15,24H,13-14,16-18H2,(H,29,34,36). The number of rotatable bonds is 4. The average molecular weight is 512 g/mol. The number of nitrogens with one attached hydrogen (secondary N) is 1. The highest BCUT2D eigenvalue weighted by Crippen LogP contribution is 2.47. The number of barbiturate groups is 1. The van der Waals surface area contributed by atoms with Gasteiger partial charge in [-0.05, 0) is 29.3 Å². The predicted molar refractivity (Wildman–Crippen MR) is 140 cm³/mol. The molecule has 3 aromatic rings. The highest BCUT2D eigenvalue weighted by Gasteiger charge is 2.63. The molecule has 10 nitrogen and oxygen atoms in total. The number of urea groups is 1.